The SMILES string of the molecule is CC1(C)c2cc(N(c3ccccc3)c3ccccc3)ccc2-c2ccc(-n3c4ccccc4c4cc5n(c43)-c3ccccc3C5(C)C)cc21. The summed E-state index contributed by atoms with van der Waals surface area (Å²) in [6.45, 7) is 9.49. The van der Waals surface area contributed by atoms with Crippen molar-refractivity contribution in [1.29, 1.82) is 0 Å². The Labute approximate surface area is 287 Å². The molecule has 3 nitrogen and oxygen atoms in total. The van der Waals surface area contributed by atoms with E-state index in [1.54, 1.807) is 0 Å². The molecular formula is C46H37N3. The van der Waals surface area contributed by atoms with E-state index in [-0.39, 0.29) is 10.8 Å². The average Bonchev–Trinajstić information content (AvgIpc) is 3.80. The van der Waals surface area contributed by atoms with E-state index in [1.165, 1.54) is 72.5 Å². The number of benzene rings is 6. The van der Waals surface area contributed by atoms with Gasteiger partial charge in [-0.15, -0.1) is 0 Å². The van der Waals surface area contributed by atoms with Gasteiger partial charge in [0.15, 0.2) is 0 Å². The first kappa shape index (κ1) is 28.2. The van der Waals surface area contributed by atoms with Crippen LogP contribution in [-0.4, -0.2) is 9.13 Å². The highest BCUT2D eigenvalue weighted by Crippen LogP contribution is 2.52. The van der Waals surface area contributed by atoms with Crippen LogP contribution < -0.4 is 4.90 Å². The maximum absolute atomic E-state index is 2.52. The molecular weight excluding hydrogens is 595 g/mol. The fraction of sp³-hybridized carbons (Fsp3) is 0.130. The zero-order valence-electron chi connectivity index (χ0n) is 28.3. The summed E-state index contributed by atoms with van der Waals surface area (Å²) in [4.78, 5) is 2.36. The maximum Gasteiger partial charge on any atom is 0.130 e. The van der Waals surface area contributed by atoms with Crippen LogP contribution in [0.3, 0.4) is 0 Å². The van der Waals surface area contributed by atoms with Crippen LogP contribution in [-0.2, 0) is 10.8 Å². The minimum absolute atomic E-state index is 0.0752. The molecule has 0 unspecified atom stereocenters. The normalized spacial score (nSPS) is 14.9. The molecule has 0 spiro atoms. The van der Waals surface area contributed by atoms with Gasteiger partial charge in [-0.3, -0.25) is 9.13 Å². The van der Waals surface area contributed by atoms with E-state index in [2.05, 4.69) is 193 Å². The van der Waals surface area contributed by atoms with Gasteiger partial charge in [0.2, 0.25) is 0 Å². The van der Waals surface area contributed by atoms with Crippen LogP contribution in [0, 0.1) is 0 Å². The van der Waals surface area contributed by atoms with Gasteiger partial charge in [0.05, 0.1) is 11.2 Å². The molecule has 0 saturated heterocycles. The van der Waals surface area contributed by atoms with Gasteiger partial charge in [-0.25, -0.2) is 0 Å². The molecule has 3 heteroatoms. The highest BCUT2D eigenvalue weighted by atomic mass is 15.2. The van der Waals surface area contributed by atoms with Crippen molar-refractivity contribution >= 4 is 39.0 Å². The number of para-hydroxylation sites is 4. The predicted molar refractivity (Wildman–Crippen MR) is 204 cm³/mol. The molecule has 0 fully saturated rings. The summed E-state index contributed by atoms with van der Waals surface area (Å²) in [6.07, 6.45) is 0. The second-order valence-corrected chi connectivity index (χ2v) is 14.7. The highest BCUT2D eigenvalue weighted by molar-refractivity contribution is 6.10. The summed E-state index contributed by atoms with van der Waals surface area (Å²) in [5.41, 5.74) is 16.3. The third kappa shape index (κ3) is 3.79. The van der Waals surface area contributed by atoms with Crippen LogP contribution in [0.5, 0.6) is 0 Å². The van der Waals surface area contributed by atoms with Crippen LogP contribution >= 0.6 is 0 Å². The van der Waals surface area contributed by atoms with Crippen molar-refractivity contribution in [1.82, 2.24) is 9.13 Å². The number of anilines is 3. The molecule has 8 aromatic rings. The summed E-state index contributed by atoms with van der Waals surface area (Å²) >= 11 is 0. The highest BCUT2D eigenvalue weighted by Gasteiger charge is 2.40. The molecule has 1 aliphatic heterocycles. The van der Waals surface area contributed by atoms with Gasteiger partial charge in [-0.05, 0) is 94.5 Å². The maximum atomic E-state index is 2.52. The number of fused-ring (bicyclic) bond motifs is 10. The third-order valence-electron chi connectivity index (χ3n) is 11.3. The van der Waals surface area contributed by atoms with Crippen molar-refractivity contribution in [2.24, 2.45) is 0 Å². The minimum atomic E-state index is -0.187. The van der Waals surface area contributed by atoms with E-state index in [4.69, 9.17) is 0 Å². The van der Waals surface area contributed by atoms with Crippen LogP contribution in [0.25, 0.3) is 44.4 Å². The van der Waals surface area contributed by atoms with Gasteiger partial charge in [-0.1, -0.05) is 113 Å². The molecule has 236 valence electrons. The van der Waals surface area contributed by atoms with E-state index < -0.39 is 0 Å². The molecule has 0 radical (unpaired) electrons. The summed E-state index contributed by atoms with van der Waals surface area (Å²) < 4.78 is 5.02. The van der Waals surface area contributed by atoms with Crippen LogP contribution in [0.4, 0.5) is 17.1 Å². The molecule has 6 aromatic carbocycles. The number of rotatable bonds is 4. The quantitative estimate of drug-likeness (QED) is 0.188. The molecule has 1 aliphatic carbocycles. The Kier molecular flexibility index (Phi) is 5.69. The standard InChI is InChI=1S/C46H37N3/c1-45(2)39-27-32(47(30-15-7-5-8-16-30)31-17-9-6-10-18-31)23-25-34(39)35-26-24-33(28-40(35)45)48-41-21-13-11-19-36(41)37-29-43-46(3,4)38-20-12-14-22-42(38)49(43)44(37)48/h5-29H,1-4H3. The number of nitrogens with zero attached hydrogens (tertiary/aromatic N) is 3. The van der Waals surface area contributed by atoms with Crippen molar-refractivity contribution in [2.45, 2.75) is 38.5 Å². The predicted octanol–water partition coefficient (Wildman–Crippen LogP) is 12.0. The van der Waals surface area contributed by atoms with Gasteiger partial charge in [0.25, 0.3) is 0 Å². The van der Waals surface area contributed by atoms with Crippen LogP contribution in [0.1, 0.15) is 50.1 Å². The van der Waals surface area contributed by atoms with Crippen molar-refractivity contribution in [3.8, 4) is 22.5 Å². The van der Waals surface area contributed by atoms with E-state index in [1.807, 2.05) is 0 Å². The Morgan fingerprint density at radius 1 is 0.449 bits per heavy atom. The lowest BCUT2D eigenvalue weighted by atomic mass is 9.82. The second kappa shape index (κ2) is 9.87. The molecule has 49 heavy (non-hydrogen) atoms. The Morgan fingerprint density at radius 3 is 1.80 bits per heavy atom. The fourth-order valence-electron chi connectivity index (χ4n) is 8.82. The molecule has 2 aliphatic rings. The van der Waals surface area contributed by atoms with Gasteiger partial charge in [0.1, 0.15) is 5.65 Å². The molecule has 0 N–H and O–H groups in total. The van der Waals surface area contributed by atoms with E-state index in [9.17, 15) is 0 Å². The Morgan fingerprint density at radius 2 is 1.06 bits per heavy atom. The second-order valence-electron chi connectivity index (χ2n) is 14.7. The smallest absolute Gasteiger partial charge is 0.130 e. The summed E-state index contributed by atoms with van der Waals surface area (Å²) in [5, 5.41) is 2.60. The number of hydrogen-bond acceptors (Lipinski definition) is 1. The van der Waals surface area contributed by atoms with Crippen molar-refractivity contribution in [3.63, 3.8) is 0 Å². The molecule has 0 saturated carbocycles. The van der Waals surface area contributed by atoms with E-state index in [0.29, 0.717) is 0 Å². The van der Waals surface area contributed by atoms with Gasteiger partial charge >= 0.3 is 0 Å². The summed E-state index contributed by atoms with van der Waals surface area (Å²) in [7, 11) is 0. The molecule has 2 aromatic heterocycles. The van der Waals surface area contributed by atoms with Crippen molar-refractivity contribution < 1.29 is 0 Å². The molecule has 10 rings (SSSR count). The largest absolute Gasteiger partial charge is 0.310 e. The Bertz CT molecular complexity index is 2560. The first-order valence-corrected chi connectivity index (χ1v) is 17.3. The van der Waals surface area contributed by atoms with Crippen LogP contribution in [0.15, 0.2) is 152 Å². The van der Waals surface area contributed by atoms with Crippen LogP contribution in [0.2, 0.25) is 0 Å². The number of hydrogen-bond donors (Lipinski definition) is 0. The molecule has 0 atom stereocenters. The molecule has 0 bridgehead atoms. The summed E-state index contributed by atoms with van der Waals surface area (Å²) in [6, 6.07) is 55.8. The molecule has 0 amide bonds. The van der Waals surface area contributed by atoms with Crippen molar-refractivity contribution in [3.05, 3.63) is 174 Å². The lowest BCUT2D eigenvalue weighted by Gasteiger charge is -2.28. The fourth-order valence-corrected chi connectivity index (χ4v) is 8.82. The van der Waals surface area contributed by atoms with Gasteiger partial charge < -0.3 is 4.90 Å². The minimum Gasteiger partial charge on any atom is -0.310 e. The average molecular weight is 632 g/mol. The van der Waals surface area contributed by atoms with Crippen molar-refractivity contribution in [2.75, 3.05) is 4.90 Å². The van der Waals surface area contributed by atoms with Gasteiger partial charge in [0, 0.05) is 50.0 Å². The lowest BCUT2D eigenvalue weighted by molar-refractivity contribution is 0.644. The Balaban J connectivity index is 1.16. The monoisotopic (exact) mass is 631 g/mol. The summed E-state index contributed by atoms with van der Waals surface area (Å²) in [5.74, 6) is 0. The number of aromatic nitrogens is 2. The Hall–Kier alpha value is -5.80. The van der Waals surface area contributed by atoms with E-state index in [0.717, 1.165) is 11.4 Å². The lowest BCUT2D eigenvalue weighted by Crippen LogP contribution is -2.17. The van der Waals surface area contributed by atoms with Gasteiger partial charge in [-0.2, -0.15) is 0 Å². The zero-order chi connectivity index (χ0) is 33.1. The molecule has 3 heterocycles. The zero-order valence-corrected chi connectivity index (χ0v) is 28.3. The first-order chi connectivity index (χ1) is 23.8. The third-order valence-corrected chi connectivity index (χ3v) is 11.3. The first-order valence-electron chi connectivity index (χ1n) is 17.3. The van der Waals surface area contributed by atoms with E-state index >= 15 is 0 Å². The topological polar surface area (TPSA) is 13.1 Å².